The number of ether oxygens (including phenoxy) is 1. The molecule has 1 saturated carbocycles. The van der Waals surface area contributed by atoms with E-state index in [4.69, 9.17) is 10.5 Å². The minimum atomic E-state index is 0.280. The molecule has 1 heterocycles. The van der Waals surface area contributed by atoms with E-state index in [1.807, 2.05) is 6.07 Å². The third kappa shape index (κ3) is 2.87. The predicted octanol–water partition coefficient (Wildman–Crippen LogP) is 3.01. The van der Waals surface area contributed by atoms with E-state index in [0.717, 1.165) is 5.75 Å². The Bertz CT molecular complexity index is 334. The molecule has 2 N–H and O–H groups in total. The first-order valence-corrected chi connectivity index (χ1v) is 6.14. The normalized spacial score (nSPS) is 19.3. The molecule has 0 spiro atoms. The van der Waals surface area contributed by atoms with Gasteiger partial charge < -0.3 is 10.5 Å². The molecular formula is C13H20N2O. The highest BCUT2D eigenvalue weighted by Crippen LogP contribution is 2.28. The summed E-state index contributed by atoms with van der Waals surface area (Å²) in [6.45, 7) is 2.16. The number of rotatable bonds is 3. The maximum atomic E-state index is 5.91. The fraction of sp³-hybridized carbons (Fsp3) is 0.615. The first-order valence-electron chi connectivity index (χ1n) is 6.14. The van der Waals surface area contributed by atoms with Crippen LogP contribution in [-0.4, -0.2) is 11.1 Å². The lowest BCUT2D eigenvalue weighted by molar-refractivity contribution is 0.123. The minimum absolute atomic E-state index is 0.280. The Kier molecular flexibility index (Phi) is 3.65. The van der Waals surface area contributed by atoms with E-state index in [-0.39, 0.29) is 6.10 Å². The van der Waals surface area contributed by atoms with Crippen molar-refractivity contribution in [2.45, 2.75) is 45.1 Å². The molecule has 3 heteroatoms. The van der Waals surface area contributed by atoms with Crippen LogP contribution in [0.4, 0.5) is 5.82 Å². The van der Waals surface area contributed by atoms with Gasteiger partial charge in [-0.25, -0.2) is 4.98 Å². The Morgan fingerprint density at radius 3 is 2.81 bits per heavy atom. The van der Waals surface area contributed by atoms with Crippen LogP contribution in [0.15, 0.2) is 18.3 Å². The van der Waals surface area contributed by atoms with Gasteiger partial charge in [0.2, 0.25) is 0 Å². The van der Waals surface area contributed by atoms with E-state index < -0.39 is 0 Å². The predicted molar refractivity (Wildman–Crippen MR) is 65.3 cm³/mol. The van der Waals surface area contributed by atoms with Gasteiger partial charge >= 0.3 is 0 Å². The molecule has 3 nitrogen and oxygen atoms in total. The van der Waals surface area contributed by atoms with Crippen LogP contribution in [-0.2, 0) is 0 Å². The molecule has 0 aromatic carbocycles. The first kappa shape index (κ1) is 11.2. The molecule has 0 aliphatic heterocycles. The Morgan fingerprint density at radius 2 is 2.12 bits per heavy atom. The number of hydrogen-bond donors (Lipinski definition) is 1. The molecule has 2 rings (SSSR count). The topological polar surface area (TPSA) is 48.1 Å². The number of nitrogens with two attached hydrogens (primary N) is 1. The zero-order chi connectivity index (χ0) is 11.4. The van der Waals surface area contributed by atoms with Crippen LogP contribution in [0.3, 0.4) is 0 Å². The molecule has 1 unspecified atom stereocenters. The quantitative estimate of drug-likeness (QED) is 0.851. The Labute approximate surface area is 97.0 Å². The number of nitrogen functional groups attached to an aromatic ring is 1. The maximum Gasteiger partial charge on any atom is 0.126 e. The van der Waals surface area contributed by atoms with Gasteiger partial charge in [0.25, 0.3) is 0 Å². The lowest BCUT2D eigenvalue weighted by Gasteiger charge is -2.28. The summed E-state index contributed by atoms with van der Waals surface area (Å²) in [7, 11) is 0. The molecule has 0 bridgehead atoms. The van der Waals surface area contributed by atoms with E-state index in [9.17, 15) is 0 Å². The Hall–Kier alpha value is -1.25. The third-order valence-corrected chi connectivity index (χ3v) is 3.39. The lowest BCUT2D eigenvalue weighted by Crippen LogP contribution is -2.25. The van der Waals surface area contributed by atoms with Crippen molar-refractivity contribution in [3.8, 4) is 5.75 Å². The van der Waals surface area contributed by atoms with Crippen LogP contribution >= 0.6 is 0 Å². The van der Waals surface area contributed by atoms with E-state index in [0.29, 0.717) is 11.7 Å². The second kappa shape index (κ2) is 5.19. The molecule has 1 atom stereocenters. The van der Waals surface area contributed by atoms with Crippen LogP contribution < -0.4 is 10.5 Å². The first-order chi connectivity index (χ1) is 7.75. The van der Waals surface area contributed by atoms with Crippen molar-refractivity contribution in [1.29, 1.82) is 0 Å². The zero-order valence-electron chi connectivity index (χ0n) is 9.86. The number of aromatic nitrogens is 1. The summed E-state index contributed by atoms with van der Waals surface area (Å²) in [5.41, 5.74) is 5.62. The highest BCUT2D eigenvalue weighted by Gasteiger charge is 2.21. The van der Waals surface area contributed by atoms with Gasteiger partial charge in [-0.2, -0.15) is 0 Å². The molecular weight excluding hydrogens is 200 g/mol. The van der Waals surface area contributed by atoms with Crippen molar-refractivity contribution < 1.29 is 4.74 Å². The smallest absolute Gasteiger partial charge is 0.126 e. The average Bonchev–Trinajstić information content (AvgIpc) is 2.30. The van der Waals surface area contributed by atoms with Gasteiger partial charge in [-0.3, -0.25) is 0 Å². The number of nitrogens with zero attached hydrogens (tertiary/aromatic N) is 1. The zero-order valence-corrected chi connectivity index (χ0v) is 9.86. The van der Waals surface area contributed by atoms with Crippen molar-refractivity contribution >= 4 is 5.82 Å². The molecule has 1 aromatic rings. The maximum absolute atomic E-state index is 5.91. The lowest BCUT2D eigenvalue weighted by atomic mass is 9.86. The summed E-state index contributed by atoms with van der Waals surface area (Å²) in [5.74, 6) is 2.06. The molecule has 1 aliphatic rings. The minimum Gasteiger partial charge on any atom is -0.490 e. The summed E-state index contributed by atoms with van der Waals surface area (Å²) in [6.07, 6.45) is 8.63. The van der Waals surface area contributed by atoms with Crippen LogP contribution in [0.25, 0.3) is 0 Å². The molecule has 1 aromatic heterocycles. The molecule has 16 heavy (non-hydrogen) atoms. The summed E-state index contributed by atoms with van der Waals surface area (Å²) in [6, 6.07) is 3.66. The monoisotopic (exact) mass is 220 g/mol. The number of anilines is 1. The average molecular weight is 220 g/mol. The van der Waals surface area contributed by atoms with Gasteiger partial charge in [0.1, 0.15) is 11.6 Å². The highest BCUT2D eigenvalue weighted by atomic mass is 16.5. The van der Waals surface area contributed by atoms with Gasteiger partial charge in [-0.15, -0.1) is 0 Å². The largest absolute Gasteiger partial charge is 0.490 e. The van der Waals surface area contributed by atoms with Crippen molar-refractivity contribution in [3.63, 3.8) is 0 Å². The van der Waals surface area contributed by atoms with Crippen LogP contribution in [0.5, 0.6) is 5.75 Å². The summed E-state index contributed by atoms with van der Waals surface area (Å²) < 4.78 is 5.91. The summed E-state index contributed by atoms with van der Waals surface area (Å²) in [5, 5.41) is 0. The number of pyridine rings is 1. The standard InChI is InChI=1S/C13H20N2O/c1-10(11-5-3-2-4-6-11)16-12-7-8-15-13(14)9-12/h7-11H,2-6H2,1H3,(H2,14,15). The van der Waals surface area contributed by atoms with Crippen molar-refractivity contribution in [1.82, 2.24) is 4.98 Å². The van der Waals surface area contributed by atoms with Gasteiger partial charge in [-0.1, -0.05) is 19.3 Å². The van der Waals surface area contributed by atoms with Crippen molar-refractivity contribution in [2.75, 3.05) is 5.73 Å². The fourth-order valence-electron chi connectivity index (χ4n) is 2.42. The fourth-order valence-corrected chi connectivity index (χ4v) is 2.42. The molecule has 1 aliphatic carbocycles. The van der Waals surface area contributed by atoms with E-state index in [2.05, 4.69) is 11.9 Å². The van der Waals surface area contributed by atoms with Gasteiger partial charge in [0.15, 0.2) is 0 Å². The van der Waals surface area contributed by atoms with Gasteiger partial charge in [0, 0.05) is 12.3 Å². The third-order valence-electron chi connectivity index (χ3n) is 3.39. The van der Waals surface area contributed by atoms with E-state index >= 15 is 0 Å². The Balaban J connectivity index is 1.93. The SMILES string of the molecule is CC(Oc1ccnc(N)c1)C1CCCCC1. The van der Waals surface area contributed by atoms with Crippen molar-refractivity contribution in [3.05, 3.63) is 18.3 Å². The van der Waals surface area contributed by atoms with Crippen molar-refractivity contribution in [2.24, 2.45) is 5.92 Å². The molecule has 88 valence electrons. The number of hydrogen-bond acceptors (Lipinski definition) is 3. The van der Waals surface area contributed by atoms with E-state index in [1.54, 1.807) is 12.3 Å². The second-order valence-electron chi connectivity index (χ2n) is 4.64. The second-order valence-corrected chi connectivity index (χ2v) is 4.64. The van der Waals surface area contributed by atoms with E-state index in [1.165, 1.54) is 32.1 Å². The van der Waals surface area contributed by atoms with Gasteiger partial charge in [0.05, 0.1) is 6.10 Å². The highest BCUT2D eigenvalue weighted by molar-refractivity contribution is 5.35. The van der Waals surface area contributed by atoms with Crippen LogP contribution in [0, 0.1) is 5.92 Å². The summed E-state index contributed by atoms with van der Waals surface area (Å²) in [4.78, 5) is 3.96. The molecule has 0 radical (unpaired) electrons. The van der Waals surface area contributed by atoms with Gasteiger partial charge in [-0.05, 0) is 31.7 Å². The van der Waals surface area contributed by atoms with Crippen LogP contribution in [0.1, 0.15) is 39.0 Å². The molecule has 0 amide bonds. The molecule has 0 saturated heterocycles. The van der Waals surface area contributed by atoms with Crippen LogP contribution in [0.2, 0.25) is 0 Å². The summed E-state index contributed by atoms with van der Waals surface area (Å²) >= 11 is 0. The molecule has 1 fully saturated rings. The Morgan fingerprint density at radius 1 is 1.38 bits per heavy atom.